The number of hydrogen-bond acceptors (Lipinski definition) is 1. The zero-order chi connectivity index (χ0) is 41.9. The molecule has 0 spiro atoms. The van der Waals surface area contributed by atoms with Crippen LogP contribution in [0.5, 0.6) is 0 Å². The lowest BCUT2D eigenvalue weighted by molar-refractivity contribution is 0.694. The van der Waals surface area contributed by atoms with Crippen LogP contribution < -0.4 is 4.90 Å². The Hall–Kier alpha value is -8.14. The van der Waals surface area contributed by atoms with Crippen molar-refractivity contribution < 1.29 is 0 Å². The summed E-state index contributed by atoms with van der Waals surface area (Å²) in [6, 6.07) is 80.9. The minimum atomic E-state index is -0.470. The zero-order valence-corrected chi connectivity index (χ0v) is 35.0. The maximum absolute atomic E-state index is 2.63. The first-order valence-electron chi connectivity index (χ1n) is 22.4. The molecule has 0 bridgehead atoms. The van der Waals surface area contributed by atoms with Crippen molar-refractivity contribution in [3.05, 3.63) is 264 Å². The normalized spacial score (nSPS) is 16.9. The molecule has 9 aromatic carbocycles. The Bertz CT molecular complexity index is 3640. The molecule has 2 aromatic heterocycles. The molecule has 3 heteroatoms. The van der Waals surface area contributed by atoms with Crippen molar-refractivity contribution in [2.45, 2.75) is 17.4 Å². The Kier molecular flexibility index (Phi) is 7.44. The molecule has 2 aliphatic carbocycles. The molecule has 2 atom stereocenters. The number of nitrogens with zero attached hydrogens (tertiary/aromatic N) is 3. The summed E-state index contributed by atoms with van der Waals surface area (Å²) in [5, 5.41) is 5.01. The Balaban J connectivity index is 1.05. The van der Waals surface area contributed by atoms with Gasteiger partial charge in [0, 0.05) is 44.5 Å². The first kappa shape index (κ1) is 35.5. The molecular weight excluding hydrogens is 775 g/mol. The molecule has 3 nitrogen and oxygen atoms in total. The summed E-state index contributed by atoms with van der Waals surface area (Å²) in [4.78, 5) is 2.63. The number of hydrogen-bond donors (Lipinski definition) is 0. The van der Waals surface area contributed by atoms with Crippen LogP contribution in [0.25, 0.3) is 66.1 Å². The number of fused-ring (bicyclic) bond motifs is 13. The molecule has 1 aliphatic heterocycles. The lowest BCUT2D eigenvalue weighted by Crippen LogP contribution is -2.34. The Morgan fingerprint density at radius 3 is 1.64 bits per heavy atom. The zero-order valence-electron chi connectivity index (χ0n) is 35.0. The highest BCUT2D eigenvalue weighted by molar-refractivity contribution is 6.16. The third kappa shape index (κ3) is 4.70. The van der Waals surface area contributed by atoms with Crippen LogP contribution in [-0.2, 0) is 5.41 Å². The predicted octanol–water partition coefficient (Wildman–Crippen LogP) is 15.0. The van der Waals surface area contributed by atoms with Gasteiger partial charge < -0.3 is 14.0 Å². The van der Waals surface area contributed by atoms with Crippen LogP contribution in [0.15, 0.2) is 242 Å². The van der Waals surface area contributed by atoms with E-state index in [1.54, 1.807) is 0 Å². The molecule has 11 aromatic rings. The minimum absolute atomic E-state index is 0.0712. The molecular formula is C61H41N3. The van der Waals surface area contributed by atoms with Crippen molar-refractivity contribution in [3.63, 3.8) is 0 Å². The highest BCUT2D eigenvalue weighted by Crippen LogP contribution is 2.60. The van der Waals surface area contributed by atoms with Gasteiger partial charge in [0.25, 0.3) is 0 Å². The average Bonchev–Trinajstić information content (AvgIpc) is 4.08. The molecule has 0 saturated heterocycles. The second kappa shape index (κ2) is 13.4. The highest BCUT2D eigenvalue weighted by atomic mass is 15.2. The summed E-state index contributed by atoms with van der Waals surface area (Å²) in [5.74, 6) is 0.0931. The van der Waals surface area contributed by atoms with Crippen LogP contribution in [-0.4, -0.2) is 15.2 Å². The standard InChI is InChI=1S/C61H41N3/c1-4-18-40(19-5-1)61(53-28-14-10-24-45(53)46-25-11-15-29-54(46)61)41-32-36-57-51(38-41)49-34-35-50-52-39-44(62-55-30-16-12-26-47(55)48-27-13-17-31-56(48)62)33-37-58(52)64(43-22-8-3-9-23-43)60(50)59(49)63(57)42-20-6-2-7-21-42/h1-39,51,57H. The van der Waals surface area contributed by atoms with Crippen LogP contribution in [0.1, 0.15) is 28.2 Å². The van der Waals surface area contributed by atoms with Gasteiger partial charge in [0.1, 0.15) is 0 Å². The topological polar surface area (TPSA) is 13.1 Å². The Morgan fingerprint density at radius 2 is 0.969 bits per heavy atom. The summed E-state index contributed by atoms with van der Waals surface area (Å²) in [7, 11) is 0. The maximum Gasteiger partial charge on any atom is 0.0782 e. The molecule has 0 radical (unpaired) electrons. The molecule has 3 aliphatic rings. The number of aromatic nitrogens is 2. The van der Waals surface area contributed by atoms with Crippen molar-refractivity contribution in [1.29, 1.82) is 0 Å². The first-order chi connectivity index (χ1) is 31.8. The van der Waals surface area contributed by atoms with Crippen LogP contribution in [0.2, 0.25) is 0 Å². The molecule has 0 fully saturated rings. The molecule has 14 rings (SSSR count). The van der Waals surface area contributed by atoms with E-state index in [1.165, 1.54) is 93.9 Å². The van der Waals surface area contributed by atoms with Gasteiger partial charge in [-0.05, 0) is 93.6 Å². The van der Waals surface area contributed by atoms with E-state index >= 15 is 0 Å². The second-order valence-electron chi connectivity index (χ2n) is 17.6. The fourth-order valence-corrected chi connectivity index (χ4v) is 12.0. The second-order valence-corrected chi connectivity index (χ2v) is 17.6. The van der Waals surface area contributed by atoms with Crippen LogP contribution in [0, 0.1) is 0 Å². The van der Waals surface area contributed by atoms with Crippen molar-refractivity contribution in [2.75, 3.05) is 4.90 Å². The van der Waals surface area contributed by atoms with Crippen LogP contribution >= 0.6 is 0 Å². The smallest absolute Gasteiger partial charge is 0.0782 e. The number of rotatable bonds is 5. The molecule has 300 valence electrons. The van der Waals surface area contributed by atoms with Gasteiger partial charge in [0.15, 0.2) is 0 Å². The summed E-state index contributed by atoms with van der Waals surface area (Å²) in [5.41, 5.74) is 18.4. The monoisotopic (exact) mass is 815 g/mol. The van der Waals surface area contributed by atoms with E-state index in [4.69, 9.17) is 0 Å². The number of para-hydroxylation sites is 4. The summed E-state index contributed by atoms with van der Waals surface area (Å²) >= 11 is 0. The van der Waals surface area contributed by atoms with E-state index in [0.29, 0.717) is 0 Å². The van der Waals surface area contributed by atoms with Crippen molar-refractivity contribution in [3.8, 4) is 22.5 Å². The molecule has 2 unspecified atom stereocenters. The summed E-state index contributed by atoms with van der Waals surface area (Å²) in [6.07, 6.45) is 7.58. The third-order valence-corrected chi connectivity index (χ3v) is 14.5. The number of benzene rings is 9. The molecule has 3 heterocycles. The summed E-state index contributed by atoms with van der Waals surface area (Å²) in [6.45, 7) is 0. The van der Waals surface area contributed by atoms with Crippen LogP contribution in [0.3, 0.4) is 0 Å². The lowest BCUT2D eigenvalue weighted by Gasteiger charge is -2.38. The third-order valence-electron chi connectivity index (χ3n) is 14.5. The quantitative estimate of drug-likeness (QED) is 0.169. The summed E-state index contributed by atoms with van der Waals surface area (Å²) < 4.78 is 4.96. The Labute approximate surface area is 371 Å². The largest absolute Gasteiger partial charge is 0.332 e. The van der Waals surface area contributed by atoms with E-state index < -0.39 is 5.41 Å². The average molecular weight is 816 g/mol. The highest BCUT2D eigenvalue weighted by Gasteiger charge is 2.49. The van der Waals surface area contributed by atoms with E-state index in [0.717, 1.165) is 11.4 Å². The van der Waals surface area contributed by atoms with Gasteiger partial charge in [0.05, 0.1) is 39.2 Å². The van der Waals surface area contributed by atoms with Gasteiger partial charge in [0.2, 0.25) is 0 Å². The number of allylic oxidation sites excluding steroid dienone is 2. The maximum atomic E-state index is 2.63. The van der Waals surface area contributed by atoms with E-state index in [9.17, 15) is 0 Å². The molecule has 64 heavy (non-hydrogen) atoms. The Morgan fingerprint density at radius 1 is 0.406 bits per heavy atom. The van der Waals surface area contributed by atoms with Gasteiger partial charge in [-0.3, -0.25) is 0 Å². The SMILES string of the molecule is C1=CC2C(C=C1C1(c3ccccc3)c3ccccc3-c3ccccc31)c1ccc3c4cc(-n5c6ccccc6c6ccccc65)ccc4n(-c4ccccc4)c3c1N2c1ccccc1. The van der Waals surface area contributed by atoms with Crippen molar-refractivity contribution in [1.82, 2.24) is 9.13 Å². The predicted molar refractivity (Wildman–Crippen MR) is 266 cm³/mol. The van der Waals surface area contributed by atoms with Crippen molar-refractivity contribution >= 4 is 55.0 Å². The lowest BCUT2D eigenvalue weighted by atomic mass is 9.65. The number of anilines is 2. The fraction of sp³-hybridized carbons (Fsp3) is 0.0492. The van der Waals surface area contributed by atoms with Gasteiger partial charge in [-0.1, -0.05) is 182 Å². The van der Waals surface area contributed by atoms with Crippen LogP contribution in [0.4, 0.5) is 11.4 Å². The molecule has 0 N–H and O–H groups in total. The van der Waals surface area contributed by atoms with Gasteiger partial charge >= 0.3 is 0 Å². The molecule has 0 saturated carbocycles. The van der Waals surface area contributed by atoms with Gasteiger partial charge in [-0.15, -0.1) is 0 Å². The fourth-order valence-electron chi connectivity index (χ4n) is 12.0. The minimum Gasteiger partial charge on any atom is -0.332 e. The van der Waals surface area contributed by atoms with Crippen molar-refractivity contribution in [2.24, 2.45) is 0 Å². The van der Waals surface area contributed by atoms with E-state index in [1.807, 2.05) is 0 Å². The van der Waals surface area contributed by atoms with Gasteiger partial charge in [-0.2, -0.15) is 0 Å². The van der Waals surface area contributed by atoms with E-state index in [2.05, 4.69) is 251 Å². The first-order valence-corrected chi connectivity index (χ1v) is 22.4. The van der Waals surface area contributed by atoms with Gasteiger partial charge in [-0.25, -0.2) is 0 Å². The van der Waals surface area contributed by atoms with E-state index in [-0.39, 0.29) is 12.0 Å². The molecule has 0 amide bonds.